The lowest BCUT2D eigenvalue weighted by Crippen LogP contribution is -2.40. The van der Waals surface area contributed by atoms with Crippen molar-refractivity contribution in [2.45, 2.75) is 52.3 Å². The molecule has 1 aromatic carbocycles. The van der Waals surface area contributed by atoms with E-state index in [-0.39, 0.29) is 0 Å². The molecule has 17 heavy (non-hydrogen) atoms. The number of ether oxygens (including phenoxy) is 1. The predicted molar refractivity (Wildman–Crippen MR) is 73.3 cm³/mol. The van der Waals surface area contributed by atoms with Crippen LogP contribution in [0, 0.1) is 0 Å². The van der Waals surface area contributed by atoms with Crippen LogP contribution in [0.5, 0.6) is 0 Å². The number of hydrogen-bond donors (Lipinski definition) is 1. The molecule has 2 nitrogen and oxygen atoms in total. The van der Waals surface area contributed by atoms with Gasteiger partial charge in [-0.3, -0.25) is 0 Å². The molecule has 1 rings (SSSR count). The Morgan fingerprint density at radius 3 is 2.24 bits per heavy atom. The highest BCUT2D eigenvalue weighted by Gasteiger charge is 2.11. The molecule has 0 aliphatic rings. The summed E-state index contributed by atoms with van der Waals surface area (Å²) in [5.41, 5.74) is 1.36. The molecule has 0 spiro atoms. The molecule has 0 heterocycles. The summed E-state index contributed by atoms with van der Waals surface area (Å²) in [7, 11) is 0. The Kier molecular flexibility index (Phi) is 6.23. The molecular weight excluding hydrogens is 210 g/mol. The highest BCUT2D eigenvalue weighted by Crippen LogP contribution is 2.05. The van der Waals surface area contributed by atoms with Crippen LogP contribution < -0.4 is 5.32 Å². The largest absolute Gasteiger partial charge is 0.377 e. The van der Waals surface area contributed by atoms with Crippen LogP contribution in [0.2, 0.25) is 0 Å². The molecule has 0 amide bonds. The molecule has 1 atom stereocenters. The highest BCUT2D eigenvalue weighted by atomic mass is 16.5. The molecule has 0 aromatic heterocycles. The van der Waals surface area contributed by atoms with Crippen LogP contribution in [-0.4, -0.2) is 24.8 Å². The fourth-order valence-corrected chi connectivity index (χ4v) is 1.84. The molecule has 2 heteroatoms. The number of rotatable bonds is 7. The Labute approximate surface area is 105 Å². The standard InChI is InChI=1S/C15H25NO/c1-12(2)16-15(11-17-13(3)4)10-14-8-6-5-7-9-14/h5-9,12-13,15-16H,10-11H2,1-4H3/t15-/m0/s1. The summed E-state index contributed by atoms with van der Waals surface area (Å²) in [6, 6.07) is 11.4. The van der Waals surface area contributed by atoms with Gasteiger partial charge >= 0.3 is 0 Å². The Bertz CT molecular complexity index is 295. The molecule has 1 N–H and O–H groups in total. The van der Waals surface area contributed by atoms with Gasteiger partial charge in [-0.25, -0.2) is 0 Å². The first-order valence-electron chi connectivity index (χ1n) is 6.49. The normalized spacial score (nSPS) is 13.3. The molecule has 0 radical (unpaired) electrons. The topological polar surface area (TPSA) is 21.3 Å². The minimum absolute atomic E-state index is 0.294. The summed E-state index contributed by atoms with van der Waals surface area (Å²) >= 11 is 0. The molecule has 1 aromatic rings. The lowest BCUT2D eigenvalue weighted by Gasteiger charge is -2.22. The summed E-state index contributed by atoms with van der Waals surface area (Å²) in [4.78, 5) is 0. The lowest BCUT2D eigenvalue weighted by atomic mass is 10.1. The van der Waals surface area contributed by atoms with Crippen LogP contribution in [0.3, 0.4) is 0 Å². The van der Waals surface area contributed by atoms with E-state index in [1.54, 1.807) is 0 Å². The van der Waals surface area contributed by atoms with Crippen molar-refractivity contribution in [3.05, 3.63) is 35.9 Å². The summed E-state index contributed by atoms with van der Waals surface area (Å²) in [6.45, 7) is 9.27. The van der Waals surface area contributed by atoms with Gasteiger partial charge in [0.15, 0.2) is 0 Å². The second kappa shape index (κ2) is 7.46. The van der Waals surface area contributed by atoms with Crippen molar-refractivity contribution in [3.63, 3.8) is 0 Å². The first-order valence-corrected chi connectivity index (χ1v) is 6.49. The molecule has 0 fully saturated rings. The van der Waals surface area contributed by atoms with Crippen molar-refractivity contribution < 1.29 is 4.74 Å². The van der Waals surface area contributed by atoms with E-state index in [0.29, 0.717) is 18.2 Å². The zero-order chi connectivity index (χ0) is 12.7. The molecular formula is C15H25NO. The monoisotopic (exact) mass is 235 g/mol. The number of nitrogens with one attached hydrogen (secondary N) is 1. The second-order valence-electron chi connectivity index (χ2n) is 5.09. The van der Waals surface area contributed by atoms with Crippen molar-refractivity contribution in [1.29, 1.82) is 0 Å². The maximum Gasteiger partial charge on any atom is 0.0626 e. The Balaban J connectivity index is 2.51. The minimum atomic E-state index is 0.294. The van der Waals surface area contributed by atoms with Gasteiger partial charge in [0.25, 0.3) is 0 Å². The second-order valence-corrected chi connectivity index (χ2v) is 5.09. The average molecular weight is 235 g/mol. The Hall–Kier alpha value is -0.860. The van der Waals surface area contributed by atoms with Gasteiger partial charge in [0.05, 0.1) is 12.7 Å². The molecule has 0 bridgehead atoms. The van der Waals surface area contributed by atoms with Crippen LogP contribution in [0.4, 0.5) is 0 Å². The van der Waals surface area contributed by atoms with Crippen LogP contribution in [0.25, 0.3) is 0 Å². The van der Waals surface area contributed by atoms with E-state index < -0.39 is 0 Å². The van der Waals surface area contributed by atoms with Crippen molar-refractivity contribution in [1.82, 2.24) is 5.32 Å². The minimum Gasteiger partial charge on any atom is -0.377 e. The first-order chi connectivity index (χ1) is 8.08. The molecule has 0 aliphatic heterocycles. The fourth-order valence-electron chi connectivity index (χ4n) is 1.84. The summed E-state index contributed by atoms with van der Waals surface area (Å²) in [6.07, 6.45) is 1.31. The fraction of sp³-hybridized carbons (Fsp3) is 0.600. The van der Waals surface area contributed by atoms with Crippen LogP contribution in [0.15, 0.2) is 30.3 Å². The zero-order valence-corrected chi connectivity index (χ0v) is 11.4. The van der Waals surface area contributed by atoms with Gasteiger partial charge < -0.3 is 10.1 Å². The van der Waals surface area contributed by atoms with E-state index in [9.17, 15) is 0 Å². The van der Waals surface area contributed by atoms with Crippen LogP contribution in [-0.2, 0) is 11.2 Å². The maximum absolute atomic E-state index is 5.71. The molecule has 0 saturated carbocycles. The van der Waals surface area contributed by atoms with Crippen LogP contribution in [0.1, 0.15) is 33.3 Å². The SMILES string of the molecule is CC(C)N[C@H](COC(C)C)Cc1ccccc1. The van der Waals surface area contributed by atoms with Gasteiger partial charge in [-0.1, -0.05) is 44.2 Å². The summed E-state index contributed by atoms with van der Waals surface area (Å²) in [5.74, 6) is 0. The third-order valence-corrected chi connectivity index (χ3v) is 2.52. The van der Waals surface area contributed by atoms with E-state index in [2.05, 4.69) is 63.3 Å². The average Bonchev–Trinajstić information content (AvgIpc) is 2.26. The van der Waals surface area contributed by atoms with Gasteiger partial charge in [-0.05, 0) is 25.8 Å². The zero-order valence-electron chi connectivity index (χ0n) is 11.4. The lowest BCUT2D eigenvalue weighted by molar-refractivity contribution is 0.0595. The van der Waals surface area contributed by atoms with E-state index in [1.807, 2.05) is 0 Å². The van der Waals surface area contributed by atoms with Crippen molar-refractivity contribution in [2.24, 2.45) is 0 Å². The predicted octanol–water partition coefficient (Wildman–Crippen LogP) is 3.02. The highest BCUT2D eigenvalue weighted by molar-refractivity contribution is 5.15. The van der Waals surface area contributed by atoms with E-state index >= 15 is 0 Å². The van der Waals surface area contributed by atoms with Crippen molar-refractivity contribution >= 4 is 0 Å². The summed E-state index contributed by atoms with van der Waals surface area (Å²) < 4.78 is 5.71. The molecule has 0 unspecified atom stereocenters. The van der Waals surface area contributed by atoms with E-state index in [4.69, 9.17) is 4.74 Å². The summed E-state index contributed by atoms with van der Waals surface area (Å²) in [5, 5.41) is 3.56. The van der Waals surface area contributed by atoms with Gasteiger partial charge in [0.2, 0.25) is 0 Å². The smallest absolute Gasteiger partial charge is 0.0626 e. The van der Waals surface area contributed by atoms with Gasteiger partial charge in [0, 0.05) is 12.1 Å². The van der Waals surface area contributed by atoms with Crippen LogP contribution >= 0.6 is 0 Å². The molecule has 96 valence electrons. The third-order valence-electron chi connectivity index (χ3n) is 2.52. The maximum atomic E-state index is 5.71. The Morgan fingerprint density at radius 2 is 1.71 bits per heavy atom. The number of benzene rings is 1. The third kappa shape index (κ3) is 6.44. The van der Waals surface area contributed by atoms with Crippen molar-refractivity contribution in [2.75, 3.05) is 6.61 Å². The molecule has 0 aliphatic carbocycles. The van der Waals surface area contributed by atoms with Gasteiger partial charge in [0.1, 0.15) is 0 Å². The Morgan fingerprint density at radius 1 is 1.06 bits per heavy atom. The van der Waals surface area contributed by atoms with E-state index in [1.165, 1.54) is 5.56 Å². The number of hydrogen-bond acceptors (Lipinski definition) is 2. The van der Waals surface area contributed by atoms with Gasteiger partial charge in [-0.2, -0.15) is 0 Å². The first kappa shape index (κ1) is 14.2. The van der Waals surface area contributed by atoms with Crippen molar-refractivity contribution in [3.8, 4) is 0 Å². The molecule has 0 saturated heterocycles. The quantitative estimate of drug-likeness (QED) is 0.784. The van der Waals surface area contributed by atoms with E-state index in [0.717, 1.165) is 13.0 Å². The van der Waals surface area contributed by atoms with Gasteiger partial charge in [-0.15, -0.1) is 0 Å².